The lowest BCUT2D eigenvalue weighted by Gasteiger charge is -2.30. The van der Waals surface area contributed by atoms with Gasteiger partial charge in [-0.15, -0.1) is 0 Å². The van der Waals surface area contributed by atoms with Gasteiger partial charge in [-0.1, -0.05) is 194 Å². The number of hydrogen-bond donors (Lipinski definition) is 0. The van der Waals surface area contributed by atoms with Crippen molar-refractivity contribution in [2.24, 2.45) is 0 Å². The first kappa shape index (κ1) is 29.3. The molecule has 9 aromatic rings. The van der Waals surface area contributed by atoms with Crippen LogP contribution in [0.2, 0.25) is 0 Å². The highest BCUT2D eigenvalue weighted by Gasteiger charge is 2.51. The summed E-state index contributed by atoms with van der Waals surface area (Å²) in [6.45, 7) is 0. The summed E-state index contributed by atoms with van der Waals surface area (Å²) in [6, 6.07) is 67.7. The first-order chi connectivity index (χ1) is 25.8. The highest BCUT2D eigenvalue weighted by Crippen LogP contribution is 2.62. The van der Waals surface area contributed by atoms with Gasteiger partial charge in [0.05, 0.1) is 5.41 Å². The second-order valence-corrected chi connectivity index (χ2v) is 14.3. The molecule has 242 valence electrons. The molecule has 0 heterocycles. The Hall–Kier alpha value is -6.50. The van der Waals surface area contributed by atoms with E-state index in [2.05, 4.69) is 194 Å². The molecule has 2 aliphatic rings. The zero-order valence-electron chi connectivity index (χ0n) is 28.7. The van der Waals surface area contributed by atoms with Crippen molar-refractivity contribution in [3.63, 3.8) is 0 Å². The van der Waals surface area contributed by atoms with E-state index < -0.39 is 0 Å². The van der Waals surface area contributed by atoms with E-state index in [-0.39, 0.29) is 5.41 Å². The van der Waals surface area contributed by atoms with E-state index in [1.807, 2.05) is 0 Å². The molecular formula is C52H34. The summed E-state index contributed by atoms with van der Waals surface area (Å²) in [6.07, 6.45) is 5.60. The number of fused-ring (bicyclic) bond motifs is 14. The molecular weight excluding hydrogens is 625 g/mol. The van der Waals surface area contributed by atoms with Crippen LogP contribution in [0.4, 0.5) is 0 Å². The zero-order valence-corrected chi connectivity index (χ0v) is 28.7. The van der Waals surface area contributed by atoms with E-state index in [0.29, 0.717) is 0 Å². The lowest BCUT2D eigenvalue weighted by Crippen LogP contribution is -2.25. The highest BCUT2D eigenvalue weighted by atomic mass is 14.5. The minimum Gasteiger partial charge on any atom is -0.0795 e. The number of benzene rings is 9. The van der Waals surface area contributed by atoms with Crippen molar-refractivity contribution in [3.05, 3.63) is 221 Å². The quantitative estimate of drug-likeness (QED) is 0.130. The van der Waals surface area contributed by atoms with Gasteiger partial charge in [-0.3, -0.25) is 0 Å². The fraction of sp³-hybridized carbons (Fsp3) is 0.0385. The van der Waals surface area contributed by atoms with Gasteiger partial charge in [0.2, 0.25) is 0 Å². The molecule has 0 aromatic heterocycles. The molecule has 52 heavy (non-hydrogen) atoms. The van der Waals surface area contributed by atoms with Crippen LogP contribution in [0, 0.1) is 0 Å². The summed E-state index contributed by atoms with van der Waals surface area (Å²) >= 11 is 0. The van der Waals surface area contributed by atoms with E-state index >= 15 is 0 Å². The van der Waals surface area contributed by atoms with Crippen LogP contribution in [-0.2, 0) is 11.8 Å². The summed E-state index contributed by atoms with van der Waals surface area (Å²) in [5.41, 5.74) is 15.8. The molecule has 0 bridgehead atoms. The molecule has 9 aromatic carbocycles. The van der Waals surface area contributed by atoms with Crippen LogP contribution in [0.5, 0.6) is 0 Å². The van der Waals surface area contributed by atoms with Crippen LogP contribution < -0.4 is 0 Å². The Labute approximate surface area is 304 Å². The van der Waals surface area contributed by atoms with Gasteiger partial charge >= 0.3 is 0 Å². The lowest BCUT2D eigenvalue weighted by atomic mass is 9.70. The normalized spacial score (nSPS) is 13.5. The molecule has 0 radical (unpaired) electrons. The van der Waals surface area contributed by atoms with Crippen molar-refractivity contribution in [1.29, 1.82) is 0 Å². The largest absolute Gasteiger partial charge is 0.0795 e. The predicted molar refractivity (Wildman–Crippen MR) is 220 cm³/mol. The fourth-order valence-corrected chi connectivity index (χ4v) is 9.65. The number of hydrogen-bond acceptors (Lipinski definition) is 0. The topological polar surface area (TPSA) is 0 Å². The summed E-state index contributed by atoms with van der Waals surface area (Å²) in [5.74, 6) is 0. The number of rotatable bonds is 4. The van der Waals surface area contributed by atoms with Gasteiger partial charge in [-0.2, -0.15) is 0 Å². The maximum absolute atomic E-state index is 2.50. The van der Waals surface area contributed by atoms with Crippen molar-refractivity contribution in [3.8, 4) is 33.4 Å². The second kappa shape index (κ2) is 11.3. The Morgan fingerprint density at radius 1 is 0.404 bits per heavy atom. The van der Waals surface area contributed by atoms with Crippen LogP contribution in [0.15, 0.2) is 188 Å². The Morgan fingerprint density at radius 2 is 0.962 bits per heavy atom. The maximum Gasteiger partial charge on any atom is 0.0725 e. The van der Waals surface area contributed by atoms with Gasteiger partial charge in [0.25, 0.3) is 0 Å². The Balaban J connectivity index is 1.09. The Morgan fingerprint density at radius 3 is 1.65 bits per heavy atom. The van der Waals surface area contributed by atoms with Crippen molar-refractivity contribution < 1.29 is 0 Å². The van der Waals surface area contributed by atoms with E-state index in [1.165, 1.54) is 99.1 Å². The van der Waals surface area contributed by atoms with Crippen molar-refractivity contribution in [2.75, 3.05) is 0 Å². The van der Waals surface area contributed by atoms with Crippen LogP contribution in [0.1, 0.15) is 33.4 Å². The van der Waals surface area contributed by atoms with Gasteiger partial charge in [-0.05, 0) is 105 Å². The van der Waals surface area contributed by atoms with E-state index in [9.17, 15) is 0 Å². The maximum atomic E-state index is 2.50. The molecule has 0 aliphatic heterocycles. The summed E-state index contributed by atoms with van der Waals surface area (Å²) in [4.78, 5) is 0. The third kappa shape index (κ3) is 3.98. The van der Waals surface area contributed by atoms with Crippen molar-refractivity contribution >= 4 is 38.4 Å². The van der Waals surface area contributed by atoms with E-state index in [1.54, 1.807) is 0 Å². The molecule has 0 amide bonds. The van der Waals surface area contributed by atoms with Crippen molar-refractivity contribution in [2.45, 2.75) is 11.8 Å². The van der Waals surface area contributed by atoms with Crippen LogP contribution in [-0.4, -0.2) is 0 Å². The Kier molecular flexibility index (Phi) is 6.33. The predicted octanol–water partition coefficient (Wildman–Crippen LogP) is 13.4. The van der Waals surface area contributed by atoms with Gasteiger partial charge in [0.1, 0.15) is 0 Å². The van der Waals surface area contributed by atoms with Crippen molar-refractivity contribution in [1.82, 2.24) is 0 Å². The van der Waals surface area contributed by atoms with Gasteiger partial charge in [0, 0.05) is 0 Å². The smallest absolute Gasteiger partial charge is 0.0725 e. The van der Waals surface area contributed by atoms with E-state index in [0.717, 1.165) is 6.42 Å². The third-order valence-corrected chi connectivity index (χ3v) is 11.7. The summed E-state index contributed by atoms with van der Waals surface area (Å²) < 4.78 is 0. The third-order valence-electron chi connectivity index (χ3n) is 11.7. The minimum atomic E-state index is -0.320. The minimum absolute atomic E-state index is 0.320. The van der Waals surface area contributed by atoms with Crippen LogP contribution in [0.3, 0.4) is 0 Å². The molecule has 0 atom stereocenters. The van der Waals surface area contributed by atoms with Gasteiger partial charge in [-0.25, -0.2) is 0 Å². The van der Waals surface area contributed by atoms with Gasteiger partial charge < -0.3 is 0 Å². The van der Waals surface area contributed by atoms with E-state index in [4.69, 9.17) is 0 Å². The Bertz CT molecular complexity index is 2860. The molecule has 0 saturated heterocycles. The number of allylic oxidation sites excluding steroid dienone is 1. The fourth-order valence-electron chi connectivity index (χ4n) is 9.65. The van der Waals surface area contributed by atoms with Crippen LogP contribution >= 0.6 is 0 Å². The van der Waals surface area contributed by atoms with Crippen LogP contribution in [0.25, 0.3) is 71.8 Å². The average Bonchev–Trinajstić information content (AvgIpc) is 3.68. The first-order valence-corrected chi connectivity index (χ1v) is 18.3. The monoisotopic (exact) mass is 658 g/mol. The molecule has 0 N–H and O–H groups in total. The second-order valence-electron chi connectivity index (χ2n) is 14.3. The molecule has 11 rings (SSSR count). The molecule has 0 heteroatoms. The molecule has 0 saturated carbocycles. The molecule has 0 fully saturated rings. The highest BCUT2D eigenvalue weighted by molar-refractivity contribution is 6.25. The SMILES string of the molecule is C(=C\c1c2ccccc2c(-c2ccccc2)c2c1ccc1ccccc12)/Cc1ccc2c(c1)C1(c3ccccc3-c3ccccc31)c1ccccc1-2. The first-order valence-electron chi connectivity index (χ1n) is 18.3. The van der Waals surface area contributed by atoms with Gasteiger partial charge in [0.15, 0.2) is 0 Å². The zero-order chi connectivity index (χ0) is 34.2. The molecule has 1 spiro atoms. The molecule has 0 nitrogen and oxygen atoms in total. The average molecular weight is 659 g/mol. The molecule has 2 aliphatic carbocycles. The standard InChI is InChI=1S/C52H34/c1-2-17-36(18-3-1)50-44-24-7-6-20-38(44)39(45-32-30-35-16-4-5-19-37(35)51(45)50)25-14-15-34-29-31-43-42-23-10-13-28-48(42)52(49(43)33-34)46-26-11-8-21-40(46)41-22-9-12-27-47(41)52/h1-14,16-33H,15H2/b25-14+. The lowest BCUT2D eigenvalue weighted by molar-refractivity contribution is 0.792. The molecule has 0 unspecified atom stereocenters. The summed E-state index contributed by atoms with van der Waals surface area (Å²) in [7, 11) is 0. The summed E-state index contributed by atoms with van der Waals surface area (Å²) in [5, 5.41) is 7.73.